The smallest absolute Gasteiger partial charge is 0.266 e. The highest BCUT2D eigenvalue weighted by Gasteiger charge is 2.13. The molecule has 0 unspecified atom stereocenters. The fourth-order valence-electron chi connectivity index (χ4n) is 3.45. The molecule has 4 rings (SSSR count). The molecule has 4 aromatic rings. The lowest BCUT2D eigenvalue weighted by Crippen LogP contribution is -2.14. The van der Waals surface area contributed by atoms with Crippen LogP contribution in [0.3, 0.4) is 0 Å². The van der Waals surface area contributed by atoms with Gasteiger partial charge < -0.3 is 5.32 Å². The number of nitrogens with zero attached hydrogens (tertiary/aromatic N) is 1. The van der Waals surface area contributed by atoms with Crippen molar-refractivity contribution in [3.05, 3.63) is 94.5 Å². The number of benzene rings is 4. The molecule has 0 radical (unpaired) electrons. The van der Waals surface area contributed by atoms with Gasteiger partial charge in [0.15, 0.2) is 0 Å². The Bertz CT molecular complexity index is 1280. The highest BCUT2D eigenvalue weighted by atomic mass is 35.5. The van der Waals surface area contributed by atoms with E-state index in [0.717, 1.165) is 32.7 Å². The van der Waals surface area contributed by atoms with Crippen molar-refractivity contribution >= 4 is 50.8 Å². The summed E-state index contributed by atoms with van der Waals surface area (Å²) < 4.78 is 0. The Morgan fingerprint density at radius 3 is 2.17 bits per heavy atom. The van der Waals surface area contributed by atoms with Crippen LogP contribution in [0.2, 0.25) is 5.02 Å². The minimum Gasteiger partial charge on any atom is -0.321 e. The zero-order chi connectivity index (χ0) is 20.4. The fourth-order valence-corrected chi connectivity index (χ4v) is 3.68. The van der Waals surface area contributed by atoms with Gasteiger partial charge in [0.05, 0.1) is 0 Å². The van der Waals surface area contributed by atoms with Crippen molar-refractivity contribution in [2.24, 2.45) is 0 Å². The number of rotatable bonds is 3. The van der Waals surface area contributed by atoms with Crippen LogP contribution >= 0.6 is 11.6 Å². The summed E-state index contributed by atoms with van der Waals surface area (Å²) in [7, 11) is 0. The van der Waals surface area contributed by atoms with E-state index in [1.54, 1.807) is 24.3 Å². The minimum atomic E-state index is -0.449. The third kappa shape index (κ3) is 3.71. The Balaban J connectivity index is 1.83. The maximum atomic E-state index is 12.8. The van der Waals surface area contributed by atoms with Crippen LogP contribution in [0.25, 0.3) is 27.6 Å². The predicted molar refractivity (Wildman–Crippen MR) is 120 cm³/mol. The van der Waals surface area contributed by atoms with E-state index < -0.39 is 5.91 Å². The van der Waals surface area contributed by atoms with Gasteiger partial charge in [0.1, 0.15) is 11.6 Å². The molecular weight excluding hydrogens is 380 g/mol. The second-order valence-electron chi connectivity index (χ2n) is 6.82. The lowest BCUT2D eigenvalue weighted by molar-refractivity contribution is -0.112. The Morgan fingerprint density at radius 2 is 1.59 bits per heavy atom. The molecule has 0 aliphatic rings. The maximum absolute atomic E-state index is 12.8. The SMILES string of the molecule is Cc1cc(Cl)ccc1NC(=O)/C(C#N)=C/c1c2ccccc2cc2ccccc12. The van der Waals surface area contributed by atoms with Gasteiger partial charge in [0.25, 0.3) is 5.91 Å². The molecule has 29 heavy (non-hydrogen) atoms. The van der Waals surface area contributed by atoms with Crippen molar-refractivity contribution < 1.29 is 4.79 Å². The number of fused-ring (bicyclic) bond motifs is 2. The monoisotopic (exact) mass is 396 g/mol. The lowest BCUT2D eigenvalue weighted by Gasteiger charge is -2.10. The molecule has 3 nitrogen and oxygen atoms in total. The van der Waals surface area contributed by atoms with Crippen molar-refractivity contribution in [2.75, 3.05) is 5.32 Å². The Kier molecular flexibility index (Phi) is 5.03. The number of hydrogen-bond acceptors (Lipinski definition) is 2. The second-order valence-corrected chi connectivity index (χ2v) is 7.25. The van der Waals surface area contributed by atoms with Crippen LogP contribution in [0.15, 0.2) is 78.4 Å². The van der Waals surface area contributed by atoms with Gasteiger partial charge in [-0.15, -0.1) is 0 Å². The molecule has 0 spiro atoms. The molecule has 1 N–H and O–H groups in total. The summed E-state index contributed by atoms with van der Waals surface area (Å²) in [4.78, 5) is 12.8. The van der Waals surface area contributed by atoms with Gasteiger partial charge >= 0.3 is 0 Å². The normalized spacial score (nSPS) is 11.4. The molecule has 0 bridgehead atoms. The van der Waals surface area contributed by atoms with Crippen LogP contribution in [0, 0.1) is 18.3 Å². The fraction of sp³-hybridized carbons (Fsp3) is 0.0400. The second kappa shape index (κ2) is 7.79. The first kappa shape index (κ1) is 18.7. The summed E-state index contributed by atoms with van der Waals surface area (Å²) in [5, 5.41) is 17.2. The van der Waals surface area contributed by atoms with Crippen LogP contribution in [-0.4, -0.2) is 5.91 Å². The first-order chi connectivity index (χ1) is 14.1. The summed E-state index contributed by atoms with van der Waals surface area (Å²) in [5.74, 6) is -0.449. The van der Waals surface area contributed by atoms with E-state index in [-0.39, 0.29) is 5.57 Å². The van der Waals surface area contributed by atoms with Crippen LogP contribution in [0.1, 0.15) is 11.1 Å². The molecule has 4 heteroatoms. The molecule has 0 saturated carbocycles. The number of anilines is 1. The van der Waals surface area contributed by atoms with Crippen molar-refractivity contribution in [1.29, 1.82) is 5.26 Å². The molecule has 0 fully saturated rings. The molecule has 0 saturated heterocycles. The van der Waals surface area contributed by atoms with Crippen molar-refractivity contribution in [3.63, 3.8) is 0 Å². The van der Waals surface area contributed by atoms with E-state index in [2.05, 4.69) is 17.5 Å². The summed E-state index contributed by atoms with van der Waals surface area (Å²) >= 11 is 5.99. The highest BCUT2D eigenvalue weighted by Crippen LogP contribution is 2.30. The number of carbonyl (C=O) groups is 1. The zero-order valence-corrected chi connectivity index (χ0v) is 16.5. The first-order valence-electron chi connectivity index (χ1n) is 9.16. The third-order valence-corrected chi connectivity index (χ3v) is 5.14. The highest BCUT2D eigenvalue weighted by molar-refractivity contribution is 6.30. The number of nitriles is 1. The lowest BCUT2D eigenvalue weighted by atomic mass is 9.95. The number of nitrogens with one attached hydrogen (secondary N) is 1. The number of halogens is 1. The number of carbonyl (C=O) groups excluding carboxylic acids is 1. The molecule has 0 aliphatic carbocycles. The average Bonchev–Trinajstić information content (AvgIpc) is 2.73. The minimum absolute atomic E-state index is 0.0425. The van der Waals surface area contributed by atoms with Crippen molar-refractivity contribution in [3.8, 4) is 6.07 Å². The van der Waals surface area contributed by atoms with Crippen molar-refractivity contribution in [1.82, 2.24) is 0 Å². The number of hydrogen-bond donors (Lipinski definition) is 1. The summed E-state index contributed by atoms with van der Waals surface area (Å²) in [5.41, 5.74) is 2.36. The summed E-state index contributed by atoms with van der Waals surface area (Å²) in [6, 6.07) is 25.3. The van der Waals surface area contributed by atoms with Crippen molar-refractivity contribution in [2.45, 2.75) is 6.92 Å². The Hall–Kier alpha value is -3.61. The van der Waals surface area contributed by atoms with Gasteiger partial charge in [-0.25, -0.2) is 0 Å². The van der Waals surface area contributed by atoms with E-state index in [4.69, 9.17) is 11.6 Å². The maximum Gasteiger partial charge on any atom is 0.266 e. The number of amides is 1. The van der Waals surface area contributed by atoms with Gasteiger partial charge in [0, 0.05) is 10.7 Å². The van der Waals surface area contributed by atoms with E-state index in [0.29, 0.717) is 10.7 Å². The summed E-state index contributed by atoms with van der Waals surface area (Å²) in [6.07, 6.45) is 1.67. The van der Waals surface area contributed by atoms with Crippen LogP contribution in [-0.2, 0) is 4.79 Å². The average molecular weight is 397 g/mol. The molecular formula is C25H17ClN2O. The molecule has 0 atom stereocenters. The first-order valence-corrected chi connectivity index (χ1v) is 9.54. The molecule has 140 valence electrons. The summed E-state index contributed by atoms with van der Waals surface area (Å²) in [6.45, 7) is 1.86. The van der Waals surface area contributed by atoms with Crippen LogP contribution in [0.5, 0.6) is 0 Å². The van der Waals surface area contributed by atoms with Crippen LogP contribution in [0.4, 0.5) is 5.69 Å². The van der Waals surface area contributed by atoms with Gasteiger partial charge in [-0.05, 0) is 69.9 Å². The van der Waals surface area contributed by atoms with Gasteiger partial charge in [0.2, 0.25) is 0 Å². The Labute approximate surface area is 173 Å². The largest absolute Gasteiger partial charge is 0.321 e. The topological polar surface area (TPSA) is 52.9 Å². The van der Waals surface area contributed by atoms with E-state index >= 15 is 0 Å². The predicted octanol–water partition coefficient (Wildman–Crippen LogP) is 6.50. The van der Waals surface area contributed by atoms with Gasteiger partial charge in [-0.1, -0.05) is 60.1 Å². The third-order valence-electron chi connectivity index (χ3n) is 4.90. The van der Waals surface area contributed by atoms with E-state index in [9.17, 15) is 10.1 Å². The molecule has 0 heterocycles. The van der Waals surface area contributed by atoms with Crippen LogP contribution < -0.4 is 5.32 Å². The molecule has 4 aromatic carbocycles. The Morgan fingerprint density at radius 1 is 0.966 bits per heavy atom. The van der Waals surface area contributed by atoms with E-state index in [1.807, 2.05) is 55.5 Å². The zero-order valence-electron chi connectivity index (χ0n) is 15.7. The number of aryl methyl sites for hydroxylation is 1. The molecule has 0 aromatic heterocycles. The van der Waals surface area contributed by atoms with E-state index in [1.165, 1.54) is 0 Å². The molecule has 1 amide bonds. The molecule has 0 aliphatic heterocycles. The quantitative estimate of drug-likeness (QED) is 0.244. The van der Waals surface area contributed by atoms with Gasteiger partial charge in [-0.2, -0.15) is 5.26 Å². The standard InChI is InChI=1S/C25H17ClN2O/c1-16-12-20(26)10-11-24(16)28-25(29)19(15-27)14-23-21-8-4-2-6-17(21)13-18-7-3-5-9-22(18)23/h2-14H,1H3,(H,28,29)/b19-14+. The van der Waals surface area contributed by atoms with Gasteiger partial charge in [-0.3, -0.25) is 4.79 Å².